The third-order valence-electron chi connectivity index (χ3n) is 1.18. The van der Waals surface area contributed by atoms with Crippen LogP contribution in [0.3, 0.4) is 0 Å². The van der Waals surface area contributed by atoms with Crippen molar-refractivity contribution >= 4 is 0 Å². The molecule has 0 unspecified atom stereocenters. The van der Waals surface area contributed by atoms with Crippen molar-refractivity contribution in [1.29, 1.82) is 0 Å². The Kier molecular flexibility index (Phi) is 1.80. The molecule has 0 amide bonds. The maximum atomic E-state index is 2.98. The summed E-state index contributed by atoms with van der Waals surface area (Å²) in [4.78, 5) is 0. The van der Waals surface area contributed by atoms with Gasteiger partial charge in [0.25, 0.3) is 0 Å². The van der Waals surface area contributed by atoms with E-state index in [0.717, 1.165) is 0 Å². The van der Waals surface area contributed by atoms with Crippen LogP contribution < -0.4 is 21.9 Å². The minimum Gasteiger partial charge on any atom is -0.225 e. The first-order chi connectivity index (χ1) is 3.80. The second-order valence-corrected chi connectivity index (χ2v) is 2.26. The van der Waals surface area contributed by atoms with Gasteiger partial charge in [-0.2, -0.15) is 11.1 Å². The molecule has 4 N–H and O–H groups in total. The molecule has 0 aliphatic carbocycles. The Labute approximate surface area is 48.9 Å². The van der Waals surface area contributed by atoms with Crippen LogP contribution in [-0.4, -0.2) is 6.17 Å². The van der Waals surface area contributed by atoms with E-state index in [1.807, 2.05) is 0 Å². The summed E-state index contributed by atoms with van der Waals surface area (Å²) in [5, 5.41) is 0. The Bertz CT molecular complexity index is 66.4. The standard InChI is InChI=1S/C4H12N4/c1-3(2)4-5-7-8-6-4/h3-8H,1-2H3. The lowest BCUT2D eigenvalue weighted by Gasteiger charge is -2.11. The fraction of sp³-hybridized carbons (Fsp3) is 1.00. The van der Waals surface area contributed by atoms with Crippen molar-refractivity contribution in [2.75, 3.05) is 0 Å². The summed E-state index contributed by atoms with van der Waals surface area (Å²) in [6, 6.07) is 0. The fourth-order valence-electron chi connectivity index (χ4n) is 0.597. The summed E-state index contributed by atoms with van der Waals surface area (Å²) in [7, 11) is 0. The van der Waals surface area contributed by atoms with Crippen LogP contribution in [0.4, 0.5) is 0 Å². The minimum absolute atomic E-state index is 0.343. The summed E-state index contributed by atoms with van der Waals surface area (Å²) in [5.74, 6) is 0.595. The maximum absolute atomic E-state index is 2.98. The molecule has 0 aromatic carbocycles. The third-order valence-corrected chi connectivity index (χ3v) is 1.18. The number of rotatable bonds is 1. The van der Waals surface area contributed by atoms with Crippen LogP contribution in [0.2, 0.25) is 0 Å². The molecule has 0 saturated carbocycles. The lowest BCUT2D eigenvalue weighted by Crippen LogP contribution is -2.38. The molecule has 1 saturated heterocycles. The highest BCUT2D eigenvalue weighted by atomic mass is 15.8. The van der Waals surface area contributed by atoms with Crippen molar-refractivity contribution in [3.8, 4) is 0 Å². The molecule has 4 nitrogen and oxygen atoms in total. The summed E-state index contributed by atoms with van der Waals surface area (Å²) in [6.45, 7) is 4.28. The maximum Gasteiger partial charge on any atom is 0.0881 e. The van der Waals surface area contributed by atoms with E-state index < -0.39 is 0 Å². The topological polar surface area (TPSA) is 48.1 Å². The summed E-state index contributed by atoms with van der Waals surface area (Å²) < 4.78 is 0. The number of hydrazine groups is 3. The molecule has 1 aliphatic rings. The van der Waals surface area contributed by atoms with Crippen LogP contribution in [0.1, 0.15) is 13.8 Å². The zero-order valence-electron chi connectivity index (χ0n) is 5.15. The van der Waals surface area contributed by atoms with Gasteiger partial charge >= 0.3 is 0 Å². The molecule has 1 heterocycles. The van der Waals surface area contributed by atoms with Crippen molar-refractivity contribution in [2.24, 2.45) is 5.92 Å². The van der Waals surface area contributed by atoms with Crippen molar-refractivity contribution in [1.82, 2.24) is 21.9 Å². The molecule has 0 aromatic heterocycles. The quantitative estimate of drug-likeness (QED) is 0.358. The molecule has 8 heavy (non-hydrogen) atoms. The smallest absolute Gasteiger partial charge is 0.0881 e. The van der Waals surface area contributed by atoms with Crippen LogP contribution in [0, 0.1) is 5.92 Å². The molecular weight excluding hydrogens is 104 g/mol. The van der Waals surface area contributed by atoms with Gasteiger partial charge in [0.05, 0.1) is 6.17 Å². The Morgan fingerprint density at radius 3 is 1.88 bits per heavy atom. The lowest BCUT2D eigenvalue weighted by atomic mass is 10.2. The first kappa shape index (κ1) is 5.97. The van der Waals surface area contributed by atoms with E-state index in [4.69, 9.17) is 0 Å². The van der Waals surface area contributed by atoms with Gasteiger partial charge in [-0.3, -0.25) is 0 Å². The molecule has 0 bridgehead atoms. The minimum atomic E-state index is 0.343. The summed E-state index contributed by atoms with van der Waals surface area (Å²) in [6.07, 6.45) is 0.343. The molecular formula is C4H12N4. The Morgan fingerprint density at radius 2 is 1.62 bits per heavy atom. The second kappa shape index (κ2) is 2.41. The Morgan fingerprint density at radius 1 is 1.12 bits per heavy atom. The van der Waals surface area contributed by atoms with Crippen LogP contribution in [0.5, 0.6) is 0 Å². The third kappa shape index (κ3) is 1.16. The normalized spacial score (nSPS) is 22.9. The highest BCUT2D eigenvalue weighted by molar-refractivity contribution is 4.64. The lowest BCUT2D eigenvalue weighted by molar-refractivity contribution is 0.398. The van der Waals surface area contributed by atoms with Crippen LogP contribution in [0.15, 0.2) is 0 Å². The van der Waals surface area contributed by atoms with Gasteiger partial charge < -0.3 is 0 Å². The van der Waals surface area contributed by atoms with Crippen LogP contribution >= 0.6 is 0 Å². The molecule has 0 radical (unpaired) electrons. The molecule has 48 valence electrons. The Balaban J connectivity index is 2.24. The van der Waals surface area contributed by atoms with E-state index in [0.29, 0.717) is 12.1 Å². The van der Waals surface area contributed by atoms with Gasteiger partial charge in [0.2, 0.25) is 0 Å². The van der Waals surface area contributed by atoms with Crippen molar-refractivity contribution in [2.45, 2.75) is 20.0 Å². The van der Waals surface area contributed by atoms with E-state index in [-0.39, 0.29) is 0 Å². The predicted octanol–water partition coefficient (Wildman–Crippen LogP) is -0.914. The van der Waals surface area contributed by atoms with E-state index in [2.05, 4.69) is 35.8 Å². The molecule has 1 aliphatic heterocycles. The monoisotopic (exact) mass is 116 g/mol. The average molecular weight is 116 g/mol. The van der Waals surface area contributed by atoms with Gasteiger partial charge in [-0.05, 0) is 5.92 Å². The first-order valence-corrected chi connectivity index (χ1v) is 2.82. The summed E-state index contributed by atoms with van der Waals surface area (Å²) >= 11 is 0. The van der Waals surface area contributed by atoms with Crippen LogP contribution in [-0.2, 0) is 0 Å². The van der Waals surface area contributed by atoms with Gasteiger partial charge in [-0.15, -0.1) is 0 Å². The molecule has 1 fully saturated rings. The van der Waals surface area contributed by atoms with Gasteiger partial charge in [0, 0.05) is 0 Å². The molecule has 1 rings (SSSR count). The van der Waals surface area contributed by atoms with E-state index >= 15 is 0 Å². The van der Waals surface area contributed by atoms with E-state index in [9.17, 15) is 0 Å². The number of hydrogen-bond acceptors (Lipinski definition) is 4. The predicted molar refractivity (Wildman–Crippen MR) is 31.2 cm³/mol. The van der Waals surface area contributed by atoms with Crippen molar-refractivity contribution in [3.63, 3.8) is 0 Å². The first-order valence-electron chi connectivity index (χ1n) is 2.82. The van der Waals surface area contributed by atoms with Crippen molar-refractivity contribution in [3.05, 3.63) is 0 Å². The zero-order valence-corrected chi connectivity index (χ0v) is 5.15. The molecule has 0 spiro atoms. The average Bonchev–Trinajstić information content (AvgIpc) is 2.12. The second-order valence-electron chi connectivity index (χ2n) is 2.26. The molecule has 4 heteroatoms. The fourth-order valence-corrected chi connectivity index (χ4v) is 0.597. The number of hydrogen-bond donors (Lipinski definition) is 4. The Hall–Kier alpha value is -0.160. The largest absolute Gasteiger partial charge is 0.225 e. The van der Waals surface area contributed by atoms with Gasteiger partial charge in [0.1, 0.15) is 0 Å². The number of nitrogens with one attached hydrogen (secondary N) is 4. The van der Waals surface area contributed by atoms with Gasteiger partial charge in [-0.1, -0.05) is 13.8 Å². The van der Waals surface area contributed by atoms with E-state index in [1.54, 1.807) is 0 Å². The molecule has 0 aromatic rings. The highest BCUT2D eigenvalue weighted by Crippen LogP contribution is 1.95. The van der Waals surface area contributed by atoms with Gasteiger partial charge in [0.15, 0.2) is 0 Å². The van der Waals surface area contributed by atoms with Gasteiger partial charge in [-0.25, -0.2) is 10.9 Å². The zero-order chi connectivity index (χ0) is 5.98. The highest BCUT2D eigenvalue weighted by Gasteiger charge is 2.14. The van der Waals surface area contributed by atoms with Crippen LogP contribution in [0.25, 0.3) is 0 Å². The SMILES string of the molecule is CC(C)C1NNNN1. The summed E-state index contributed by atoms with van der Waals surface area (Å²) in [5.41, 5.74) is 11.5. The van der Waals surface area contributed by atoms with Crippen molar-refractivity contribution < 1.29 is 0 Å². The van der Waals surface area contributed by atoms with E-state index in [1.165, 1.54) is 0 Å². The molecule has 0 atom stereocenters.